The van der Waals surface area contributed by atoms with Crippen LogP contribution in [0.4, 0.5) is 0 Å². The molecule has 0 amide bonds. The second-order valence-electron chi connectivity index (χ2n) is 8.18. The molecule has 0 saturated heterocycles. The molecule has 3 atom stereocenters. The van der Waals surface area contributed by atoms with Crippen LogP contribution in [0.2, 0.25) is 0 Å². The minimum absolute atomic E-state index is 0.486. The number of hydrogen-bond acceptors (Lipinski definition) is 2. The Kier molecular flexibility index (Phi) is 4.75. The van der Waals surface area contributed by atoms with Crippen LogP contribution in [0, 0.1) is 11.3 Å². The Bertz CT molecular complexity index is 456. The Labute approximate surface area is 134 Å². The van der Waals surface area contributed by atoms with E-state index in [4.69, 9.17) is 0 Å². The number of thiophene rings is 1. The average molecular weight is 306 g/mol. The van der Waals surface area contributed by atoms with Crippen LogP contribution in [0.1, 0.15) is 82.2 Å². The van der Waals surface area contributed by atoms with E-state index in [9.17, 15) is 0 Å². The van der Waals surface area contributed by atoms with Gasteiger partial charge in [-0.3, -0.25) is 0 Å². The summed E-state index contributed by atoms with van der Waals surface area (Å²) in [6.07, 6.45) is 11.0. The van der Waals surface area contributed by atoms with Crippen LogP contribution in [0.15, 0.2) is 11.4 Å². The van der Waals surface area contributed by atoms with Crippen LogP contribution in [-0.4, -0.2) is 6.04 Å². The van der Waals surface area contributed by atoms with Crippen LogP contribution >= 0.6 is 11.3 Å². The van der Waals surface area contributed by atoms with Gasteiger partial charge < -0.3 is 5.32 Å². The topological polar surface area (TPSA) is 12.0 Å². The third-order valence-corrected chi connectivity index (χ3v) is 6.68. The van der Waals surface area contributed by atoms with E-state index >= 15 is 0 Å². The van der Waals surface area contributed by atoms with E-state index in [1.807, 2.05) is 11.3 Å². The number of aryl methyl sites for hydroxylation is 1. The Morgan fingerprint density at radius 2 is 1.90 bits per heavy atom. The summed E-state index contributed by atoms with van der Waals surface area (Å²) in [7, 11) is 0. The quantitative estimate of drug-likeness (QED) is 0.690. The van der Waals surface area contributed by atoms with Crippen LogP contribution < -0.4 is 5.32 Å². The molecule has 0 spiro atoms. The highest BCUT2D eigenvalue weighted by Crippen LogP contribution is 2.38. The number of fused-ring (bicyclic) bond motifs is 1. The zero-order chi connectivity index (χ0) is 14.9. The van der Waals surface area contributed by atoms with E-state index < -0.39 is 0 Å². The maximum atomic E-state index is 4.02. The van der Waals surface area contributed by atoms with E-state index in [2.05, 4.69) is 37.5 Å². The molecule has 0 aromatic carbocycles. The van der Waals surface area contributed by atoms with Crippen LogP contribution in [-0.2, 0) is 6.42 Å². The van der Waals surface area contributed by atoms with Gasteiger partial charge in [0.2, 0.25) is 0 Å². The first-order chi connectivity index (χ1) is 10.0. The Balaban J connectivity index is 1.60. The molecule has 2 heteroatoms. The molecule has 1 saturated carbocycles. The van der Waals surface area contributed by atoms with E-state index in [0.29, 0.717) is 11.5 Å². The summed E-state index contributed by atoms with van der Waals surface area (Å²) in [6.45, 7) is 7.26. The fourth-order valence-electron chi connectivity index (χ4n) is 4.28. The summed E-state index contributed by atoms with van der Waals surface area (Å²) in [6, 6.07) is 3.75. The van der Waals surface area contributed by atoms with Gasteiger partial charge in [-0.1, -0.05) is 27.2 Å². The summed E-state index contributed by atoms with van der Waals surface area (Å²) in [5.74, 6) is 0.910. The molecule has 0 radical (unpaired) electrons. The second-order valence-corrected chi connectivity index (χ2v) is 9.18. The van der Waals surface area contributed by atoms with Gasteiger partial charge in [0, 0.05) is 17.0 Å². The minimum atomic E-state index is 0.486. The van der Waals surface area contributed by atoms with Crippen molar-refractivity contribution in [3.8, 4) is 0 Å². The van der Waals surface area contributed by atoms with Gasteiger partial charge in [-0.05, 0) is 73.3 Å². The van der Waals surface area contributed by atoms with Crippen molar-refractivity contribution in [3.05, 3.63) is 21.9 Å². The highest BCUT2D eigenvalue weighted by molar-refractivity contribution is 7.10. The van der Waals surface area contributed by atoms with Gasteiger partial charge in [-0.2, -0.15) is 0 Å². The molecule has 1 N–H and O–H groups in total. The van der Waals surface area contributed by atoms with Crippen LogP contribution in [0.3, 0.4) is 0 Å². The van der Waals surface area contributed by atoms with Crippen LogP contribution in [0.5, 0.6) is 0 Å². The summed E-state index contributed by atoms with van der Waals surface area (Å²) < 4.78 is 0. The van der Waals surface area contributed by atoms with Crippen molar-refractivity contribution < 1.29 is 0 Å². The van der Waals surface area contributed by atoms with Crippen molar-refractivity contribution in [2.24, 2.45) is 11.3 Å². The van der Waals surface area contributed by atoms with Gasteiger partial charge in [0.05, 0.1) is 0 Å². The average Bonchev–Trinajstić information content (AvgIpc) is 2.78. The molecule has 1 heterocycles. The highest BCUT2D eigenvalue weighted by atomic mass is 32.1. The molecular formula is C19H31NS. The fraction of sp³-hybridized carbons (Fsp3) is 0.789. The first-order valence-corrected chi connectivity index (χ1v) is 9.74. The van der Waals surface area contributed by atoms with Crippen molar-refractivity contribution in [1.29, 1.82) is 0 Å². The summed E-state index contributed by atoms with van der Waals surface area (Å²) in [4.78, 5) is 1.64. The molecule has 3 rings (SSSR count). The molecular weight excluding hydrogens is 274 g/mol. The first-order valence-electron chi connectivity index (χ1n) is 8.86. The Hall–Kier alpha value is -0.340. The Morgan fingerprint density at radius 3 is 2.71 bits per heavy atom. The van der Waals surface area contributed by atoms with Crippen molar-refractivity contribution >= 4 is 11.3 Å². The third kappa shape index (κ3) is 3.71. The monoisotopic (exact) mass is 305 g/mol. The molecule has 0 aliphatic heterocycles. The van der Waals surface area contributed by atoms with E-state index in [1.54, 1.807) is 10.4 Å². The lowest BCUT2D eigenvalue weighted by atomic mass is 9.76. The largest absolute Gasteiger partial charge is 0.307 e. The fourth-order valence-corrected chi connectivity index (χ4v) is 5.27. The lowest BCUT2D eigenvalue weighted by Gasteiger charge is -2.30. The van der Waals surface area contributed by atoms with Crippen LogP contribution in [0.25, 0.3) is 0 Å². The van der Waals surface area contributed by atoms with E-state index in [-0.39, 0.29) is 0 Å². The summed E-state index contributed by atoms with van der Waals surface area (Å²) >= 11 is 1.96. The first kappa shape index (κ1) is 15.6. The summed E-state index contributed by atoms with van der Waals surface area (Å²) in [5.41, 5.74) is 2.10. The molecule has 2 aliphatic rings. The van der Waals surface area contributed by atoms with E-state index in [1.165, 1.54) is 51.4 Å². The predicted octanol–water partition coefficient (Wildman–Crippen LogP) is 5.71. The van der Waals surface area contributed by atoms with Crippen molar-refractivity contribution in [3.63, 3.8) is 0 Å². The molecule has 1 aromatic heterocycles. The molecule has 3 unspecified atom stereocenters. The lowest BCUT2D eigenvalue weighted by Crippen LogP contribution is -2.34. The SMILES string of the molecule is CC(C)(C)C1CCCC(NC2CCCc3sccc32)CC1. The molecule has 1 nitrogen and oxygen atoms in total. The zero-order valence-corrected chi connectivity index (χ0v) is 14.8. The van der Waals surface area contributed by atoms with Gasteiger partial charge in [0.15, 0.2) is 0 Å². The maximum Gasteiger partial charge on any atom is 0.0333 e. The lowest BCUT2D eigenvalue weighted by molar-refractivity contribution is 0.213. The van der Waals surface area contributed by atoms with Gasteiger partial charge in [-0.25, -0.2) is 0 Å². The maximum absolute atomic E-state index is 4.02. The predicted molar refractivity (Wildman–Crippen MR) is 93.0 cm³/mol. The number of nitrogens with one attached hydrogen (secondary N) is 1. The van der Waals surface area contributed by atoms with Gasteiger partial charge in [0.25, 0.3) is 0 Å². The molecule has 118 valence electrons. The van der Waals surface area contributed by atoms with Crippen molar-refractivity contribution in [1.82, 2.24) is 5.32 Å². The van der Waals surface area contributed by atoms with Crippen molar-refractivity contribution in [2.75, 3.05) is 0 Å². The highest BCUT2D eigenvalue weighted by Gasteiger charge is 2.29. The van der Waals surface area contributed by atoms with E-state index in [0.717, 1.165) is 12.0 Å². The molecule has 0 bridgehead atoms. The summed E-state index contributed by atoms with van der Waals surface area (Å²) in [5, 5.41) is 6.30. The second kappa shape index (κ2) is 6.42. The Morgan fingerprint density at radius 1 is 1.05 bits per heavy atom. The normalized spacial score (nSPS) is 30.7. The minimum Gasteiger partial charge on any atom is -0.307 e. The standard InChI is InChI=1S/C19H31NS/c1-19(2,3)14-6-4-7-15(11-10-14)20-17-8-5-9-18-16(17)12-13-21-18/h12-15,17,20H,4-11H2,1-3H3. The molecule has 1 aromatic rings. The van der Waals surface area contributed by atoms with Gasteiger partial charge in [-0.15, -0.1) is 11.3 Å². The number of rotatable bonds is 2. The molecule has 21 heavy (non-hydrogen) atoms. The van der Waals surface area contributed by atoms with Gasteiger partial charge in [0.1, 0.15) is 0 Å². The number of hydrogen-bond donors (Lipinski definition) is 1. The zero-order valence-electron chi connectivity index (χ0n) is 14.0. The molecule has 2 aliphatic carbocycles. The van der Waals surface area contributed by atoms with Gasteiger partial charge >= 0.3 is 0 Å². The smallest absolute Gasteiger partial charge is 0.0333 e. The third-order valence-electron chi connectivity index (χ3n) is 5.68. The van der Waals surface area contributed by atoms with Crippen molar-refractivity contribution in [2.45, 2.75) is 84.2 Å². The molecule has 1 fully saturated rings.